The molecule has 190 valence electrons. The summed E-state index contributed by atoms with van der Waals surface area (Å²) in [5.74, 6) is 0.843. The first-order valence-corrected chi connectivity index (χ1v) is 11.9. The average molecular weight is 503 g/mol. The Morgan fingerprint density at radius 2 is 1.73 bits per heavy atom. The van der Waals surface area contributed by atoms with Gasteiger partial charge in [-0.15, -0.1) is 0 Å². The number of nitrogens with zero attached hydrogens (tertiary/aromatic N) is 1. The molecule has 0 aromatic heterocycles. The average Bonchev–Trinajstić information content (AvgIpc) is 3.51. The predicted molar refractivity (Wildman–Crippen MR) is 135 cm³/mol. The highest BCUT2D eigenvalue weighted by molar-refractivity contribution is 6.21. The van der Waals surface area contributed by atoms with Gasteiger partial charge in [0, 0.05) is 23.9 Å². The molecule has 0 saturated carbocycles. The zero-order valence-electron chi connectivity index (χ0n) is 20.5. The number of hydrogen-bond donors (Lipinski definition) is 1. The minimum Gasteiger partial charge on any atom is -0.493 e. The van der Waals surface area contributed by atoms with Gasteiger partial charge in [0.2, 0.25) is 0 Å². The van der Waals surface area contributed by atoms with Crippen molar-refractivity contribution in [2.45, 2.75) is 18.9 Å². The highest BCUT2D eigenvalue weighted by Crippen LogP contribution is 2.32. The van der Waals surface area contributed by atoms with Crippen LogP contribution in [-0.2, 0) is 4.74 Å². The number of carbonyl (C=O) groups is 3. The third kappa shape index (κ3) is 4.99. The van der Waals surface area contributed by atoms with Crippen LogP contribution >= 0.6 is 0 Å². The van der Waals surface area contributed by atoms with Crippen molar-refractivity contribution in [3.63, 3.8) is 0 Å². The maximum Gasteiger partial charge on any atom is 0.261 e. The molecule has 2 aliphatic heterocycles. The van der Waals surface area contributed by atoms with Crippen LogP contribution in [0.3, 0.4) is 0 Å². The second-order valence-electron chi connectivity index (χ2n) is 8.72. The van der Waals surface area contributed by atoms with Gasteiger partial charge in [0.05, 0.1) is 38.0 Å². The summed E-state index contributed by atoms with van der Waals surface area (Å²) in [6.45, 7) is 0.907. The van der Waals surface area contributed by atoms with Crippen molar-refractivity contribution in [1.82, 2.24) is 4.90 Å². The van der Waals surface area contributed by atoms with E-state index in [9.17, 15) is 14.4 Å². The summed E-state index contributed by atoms with van der Waals surface area (Å²) in [6, 6.07) is 16.6. The molecule has 9 nitrogen and oxygen atoms in total. The van der Waals surface area contributed by atoms with Crippen LogP contribution < -0.4 is 19.5 Å². The summed E-state index contributed by atoms with van der Waals surface area (Å²) in [4.78, 5) is 39.7. The van der Waals surface area contributed by atoms with Crippen LogP contribution in [0.5, 0.6) is 23.0 Å². The third-order valence-electron chi connectivity index (χ3n) is 6.33. The fraction of sp³-hybridized carbons (Fsp3) is 0.250. The maximum atomic E-state index is 12.9. The van der Waals surface area contributed by atoms with E-state index in [0.29, 0.717) is 52.0 Å². The van der Waals surface area contributed by atoms with Crippen LogP contribution in [0.25, 0.3) is 0 Å². The van der Waals surface area contributed by atoms with Gasteiger partial charge < -0.3 is 24.3 Å². The number of carbonyl (C=O) groups excluding carboxylic acids is 3. The van der Waals surface area contributed by atoms with Crippen molar-refractivity contribution in [3.8, 4) is 23.0 Å². The number of amides is 3. The number of benzene rings is 3. The zero-order valence-corrected chi connectivity index (χ0v) is 20.5. The number of rotatable bonds is 8. The van der Waals surface area contributed by atoms with Crippen LogP contribution in [0.1, 0.15) is 43.9 Å². The Morgan fingerprint density at radius 3 is 2.49 bits per heavy atom. The standard InChI is InChI=1S/C28H26N2O7/c1-34-24-11-8-17(13-25(24)35-2)26(31)29-18-5-3-6-19(14-18)37-20-9-10-22-23(15-20)28(33)30(27(22)32)16-21-7-4-12-36-21/h3,5-6,8-11,13-15,21H,4,7,12,16H2,1-2H3,(H,29,31). The van der Waals surface area contributed by atoms with Crippen molar-refractivity contribution >= 4 is 23.4 Å². The summed E-state index contributed by atoms with van der Waals surface area (Å²) >= 11 is 0. The van der Waals surface area contributed by atoms with E-state index < -0.39 is 0 Å². The van der Waals surface area contributed by atoms with Gasteiger partial charge in [-0.2, -0.15) is 0 Å². The number of methoxy groups -OCH3 is 2. The molecule has 9 heteroatoms. The van der Waals surface area contributed by atoms with E-state index in [1.165, 1.54) is 19.1 Å². The molecule has 2 aliphatic rings. The first-order valence-electron chi connectivity index (χ1n) is 11.9. The van der Waals surface area contributed by atoms with E-state index in [0.717, 1.165) is 12.8 Å². The summed E-state index contributed by atoms with van der Waals surface area (Å²) in [5, 5.41) is 2.84. The van der Waals surface area contributed by atoms with Gasteiger partial charge >= 0.3 is 0 Å². The zero-order chi connectivity index (χ0) is 25.9. The highest BCUT2D eigenvalue weighted by atomic mass is 16.5. The molecule has 37 heavy (non-hydrogen) atoms. The van der Waals surface area contributed by atoms with Crippen LogP contribution in [0.2, 0.25) is 0 Å². The van der Waals surface area contributed by atoms with E-state index in [1.54, 1.807) is 60.7 Å². The van der Waals surface area contributed by atoms with Crippen molar-refractivity contribution in [3.05, 3.63) is 77.4 Å². The molecule has 1 fully saturated rings. The Labute approximate surface area is 213 Å². The molecule has 3 amide bonds. The number of nitrogens with one attached hydrogen (secondary N) is 1. The summed E-state index contributed by atoms with van der Waals surface area (Å²) in [5.41, 5.74) is 1.58. The van der Waals surface area contributed by atoms with E-state index in [1.807, 2.05) is 0 Å². The fourth-order valence-electron chi connectivity index (χ4n) is 4.45. The topological polar surface area (TPSA) is 103 Å². The lowest BCUT2D eigenvalue weighted by Gasteiger charge is -2.17. The molecular weight excluding hydrogens is 476 g/mol. The number of fused-ring (bicyclic) bond motifs is 1. The van der Waals surface area contributed by atoms with Gasteiger partial charge in [-0.3, -0.25) is 19.3 Å². The normalized spacial score (nSPS) is 16.5. The largest absolute Gasteiger partial charge is 0.493 e. The smallest absolute Gasteiger partial charge is 0.261 e. The lowest BCUT2D eigenvalue weighted by molar-refractivity contribution is 0.0475. The van der Waals surface area contributed by atoms with Crippen molar-refractivity contribution in [1.29, 1.82) is 0 Å². The van der Waals surface area contributed by atoms with Gasteiger partial charge in [0.15, 0.2) is 11.5 Å². The molecule has 1 atom stereocenters. The monoisotopic (exact) mass is 502 g/mol. The summed E-state index contributed by atoms with van der Waals surface area (Å²) in [6.07, 6.45) is 1.65. The molecule has 3 aromatic carbocycles. The van der Waals surface area contributed by atoms with Gasteiger partial charge in [-0.05, 0) is 61.4 Å². The lowest BCUT2D eigenvalue weighted by Crippen LogP contribution is -2.36. The molecule has 1 N–H and O–H groups in total. The predicted octanol–water partition coefficient (Wildman–Crippen LogP) is 4.52. The van der Waals surface area contributed by atoms with E-state index in [4.69, 9.17) is 18.9 Å². The second kappa shape index (κ2) is 10.3. The number of hydrogen-bond acceptors (Lipinski definition) is 7. The first-order chi connectivity index (χ1) is 18.0. The molecule has 0 bridgehead atoms. The number of anilines is 1. The SMILES string of the molecule is COc1ccc(C(=O)Nc2cccc(Oc3ccc4c(c3)C(=O)N(CC3CCCO3)C4=O)c2)cc1OC. The van der Waals surface area contributed by atoms with Crippen molar-refractivity contribution in [2.24, 2.45) is 0 Å². The Morgan fingerprint density at radius 1 is 0.946 bits per heavy atom. The second-order valence-corrected chi connectivity index (χ2v) is 8.72. The molecule has 5 rings (SSSR count). The van der Waals surface area contributed by atoms with Crippen LogP contribution in [0, 0.1) is 0 Å². The Bertz CT molecular complexity index is 1360. The van der Waals surface area contributed by atoms with Gasteiger partial charge in [-0.25, -0.2) is 0 Å². The molecule has 0 radical (unpaired) electrons. The Hall–Kier alpha value is -4.37. The van der Waals surface area contributed by atoms with E-state index in [2.05, 4.69) is 5.32 Å². The van der Waals surface area contributed by atoms with Gasteiger partial charge in [-0.1, -0.05) is 6.07 Å². The fourth-order valence-corrected chi connectivity index (χ4v) is 4.45. The summed E-state index contributed by atoms with van der Waals surface area (Å²) in [7, 11) is 3.03. The van der Waals surface area contributed by atoms with E-state index >= 15 is 0 Å². The van der Waals surface area contributed by atoms with Crippen molar-refractivity contribution in [2.75, 3.05) is 32.7 Å². The first kappa shape index (κ1) is 24.3. The Kier molecular flexibility index (Phi) is 6.78. The summed E-state index contributed by atoms with van der Waals surface area (Å²) < 4.78 is 22.0. The highest BCUT2D eigenvalue weighted by Gasteiger charge is 2.37. The van der Waals surface area contributed by atoms with Gasteiger partial charge in [0.1, 0.15) is 11.5 Å². The third-order valence-corrected chi connectivity index (χ3v) is 6.33. The number of ether oxygens (including phenoxy) is 4. The molecular formula is C28H26N2O7. The molecule has 3 aromatic rings. The van der Waals surface area contributed by atoms with Gasteiger partial charge in [0.25, 0.3) is 17.7 Å². The number of imide groups is 1. The molecule has 2 heterocycles. The van der Waals surface area contributed by atoms with Crippen LogP contribution in [0.4, 0.5) is 5.69 Å². The molecule has 1 unspecified atom stereocenters. The minimum atomic E-state index is -0.350. The molecule has 0 spiro atoms. The lowest BCUT2D eigenvalue weighted by atomic mass is 10.1. The maximum absolute atomic E-state index is 12.9. The van der Waals surface area contributed by atoms with Crippen LogP contribution in [-0.4, -0.2) is 56.1 Å². The Balaban J connectivity index is 1.28. The molecule has 1 saturated heterocycles. The molecule has 0 aliphatic carbocycles. The van der Waals surface area contributed by atoms with E-state index in [-0.39, 0.29) is 30.4 Å². The van der Waals surface area contributed by atoms with Crippen molar-refractivity contribution < 1.29 is 33.3 Å². The quantitative estimate of drug-likeness (QED) is 0.452. The van der Waals surface area contributed by atoms with Crippen LogP contribution in [0.15, 0.2) is 60.7 Å². The minimum absolute atomic E-state index is 0.116.